The number of benzene rings is 1. The largest absolute Gasteiger partial charge is 0.496 e. The van der Waals surface area contributed by atoms with E-state index in [1.165, 1.54) is 5.56 Å². The Morgan fingerprint density at radius 1 is 1.29 bits per heavy atom. The Balaban J connectivity index is 2.25. The van der Waals surface area contributed by atoms with Crippen LogP contribution in [0.4, 0.5) is 0 Å². The van der Waals surface area contributed by atoms with E-state index in [0.29, 0.717) is 6.04 Å². The maximum Gasteiger partial charge on any atom is 0.123 e. The molecule has 0 saturated carbocycles. The van der Waals surface area contributed by atoms with Gasteiger partial charge in [0.1, 0.15) is 5.75 Å². The van der Waals surface area contributed by atoms with E-state index in [4.69, 9.17) is 4.74 Å². The normalized spacial score (nSPS) is 20.8. The molecule has 0 radical (unpaired) electrons. The van der Waals surface area contributed by atoms with Crippen molar-refractivity contribution in [2.75, 3.05) is 13.7 Å². The molecule has 0 aliphatic carbocycles. The number of nitrogens with one attached hydrogen (secondary N) is 1. The van der Waals surface area contributed by atoms with Gasteiger partial charge in [0.15, 0.2) is 0 Å². The maximum atomic E-state index is 5.33. The van der Waals surface area contributed by atoms with Gasteiger partial charge >= 0.3 is 0 Å². The lowest BCUT2D eigenvalue weighted by Gasteiger charge is -2.21. The minimum absolute atomic E-state index is 0.399. The summed E-state index contributed by atoms with van der Waals surface area (Å²) < 4.78 is 5.33. The van der Waals surface area contributed by atoms with Crippen LogP contribution in [0.2, 0.25) is 0 Å². The van der Waals surface area contributed by atoms with Crippen molar-refractivity contribution in [1.82, 2.24) is 5.32 Å². The van der Waals surface area contributed by atoms with Gasteiger partial charge in [-0.25, -0.2) is 0 Å². The van der Waals surface area contributed by atoms with Crippen LogP contribution in [0.15, 0.2) is 36.4 Å². The van der Waals surface area contributed by atoms with E-state index in [1.807, 2.05) is 12.1 Å². The standard InChI is InChI=1S/C12H15NO/c1-14-12-8-3-2-6-10(12)11-7-4-5-9-13-11/h2-6,8,11,13H,7,9H2,1H3. The Labute approximate surface area is 84.6 Å². The zero-order valence-electron chi connectivity index (χ0n) is 8.36. The zero-order valence-corrected chi connectivity index (χ0v) is 8.36. The number of methoxy groups -OCH3 is 1. The predicted molar refractivity (Wildman–Crippen MR) is 57.5 cm³/mol. The SMILES string of the molecule is COc1ccccc1C1CC=CCN1. The fourth-order valence-corrected chi connectivity index (χ4v) is 1.80. The molecule has 2 rings (SSSR count). The van der Waals surface area contributed by atoms with Gasteiger partial charge in [-0.3, -0.25) is 0 Å². The highest BCUT2D eigenvalue weighted by molar-refractivity contribution is 5.36. The maximum absolute atomic E-state index is 5.33. The summed E-state index contributed by atoms with van der Waals surface area (Å²) >= 11 is 0. The molecule has 0 fully saturated rings. The van der Waals surface area contributed by atoms with Gasteiger partial charge in [-0.1, -0.05) is 30.4 Å². The van der Waals surface area contributed by atoms with Gasteiger partial charge in [0, 0.05) is 18.2 Å². The van der Waals surface area contributed by atoms with Gasteiger partial charge in [0.25, 0.3) is 0 Å². The highest BCUT2D eigenvalue weighted by atomic mass is 16.5. The molecule has 1 aromatic rings. The van der Waals surface area contributed by atoms with Gasteiger partial charge in [-0.15, -0.1) is 0 Å². The molecule has 1 atom stereocenters. The van der Waals surface area contributed by atoms with E-state index < -0.39 is 0 Å². The third-order valence-corrected chi connectivity index (χ3v) is 2.53. The highest BCUT2D eigenvalue weighted by Gasteiger charge is 2.14. The number of hydrogen-bond acceptors (Lipinski definition) is 2. The van der Waals surface area contributed by atoms with Crippen LogP contribution in [0.3, 0.4) is 0 Å². The first-order valence-electron chi connectivity index (χ1n) is 4.93. The second-order valence-corrected chi connectivity index (χ2v) is 3.41. The van der Waals surface area contributed by atoms with Crippen molar-refractivity contribution in [2.24, 2.45) is 0 Å². The minimum Gasteiger partial charge on any atom is -0.496 e. The Morgan fingerprint density at radius 3 is 2.86 bits per heavy atom. The lowest BCUT2D eigenvalue weighted by Crippen LogP contribution is -2.24. The first kappa shape index (κ1) is 9.28. The molecule has 0 bridgehead atoms. The first-order valence-corrected chi connectivity index (χ1v) is 4.93. The molecule has 1 aliphatic rings. The fraction of sp³-hybridized carbons (Fsp3) is 0.333. The number of rotatable bonds is 2. The number of para-hydroxylation sites is 1. The van der Waals surface area contributed by atoms with E-state index in [2.05, 4.69) is 29.6 Å². The molecule has 0 aromatic heterocycles. The van der Waals surface area contributed by atoms with Gasteiger partial charge in [-0.2, -0.15) is 0 Å². The van der Waals surface area contributed by atoms with Crippen molar-refractivity contribution in [1.29, 1.82) is 0 Å². The quantitative estimate of drug-likeness (QED) is 0.721. The molecule has 0 amide bonds. The smallest absolute Gasteiger partial charge is 0.123 e. The van der Waals surface area contributed by atoms with Gasteiger partial charge in [0.05, 0.1) is 7.11 Å². The van der Waals surface area contributed by atoms with E-state index in [1.54, 1.807) is 7.11 Å². The summed E-state index contributed by atoms with van der Waals surface area (Å²) in [7, 11) is 1.72. The van der Waals surface area contributed by atoms with Crippen LogP contribution in [0.1, 0.15) is 18.0 Å². The molecule has 2 heteroatoms. The van der Waals surface area contributed by atoms with E-state index in [9.17, 15) is 0 Å². The summed E-state index contributed by atoms with van der Waals surface area (Å²) in [4.78, 5) is 0. The van der Waals surface area contributed by atoms with Gasteiger partial charge in [-0.05, 0) is 12.5 Å². The molecule has 1 aliphatic heterocycles. The van der Waals surface area contributed by atoms with E-state index in [-0.39, 0.29) is 0 Å². The Hall–Kier alpha value is -1.28. The molecule has 2 nitrogen and oxygen atoms in total. The summed E-state index contributed by atoms with van der Waals surface area (Å²) in [5.41, 5.74) is 1.25. The molecule has 14 heavy (non-hydrogen) atoms. The first-order chi connectivity index (χ1) is 6.92. The third-order valence-electron chi connectivity index (χ3n) is 2.53. The predicted octanol–water partition coefficient (Wildman–Crippen LogP) is 2.29. The van der Waals surface area contributed by atoms with Crippen LogP contribution in [0.5, 0.6) is 5.75 Å². The summed E-state index contributed by atoms with van der Waals surface area (Å²) in [6, 6.07) is 8.58. The molecule has 1 heterocycles. The Kier molecular flexibility index (Phi) is 2.84. The van der Waals surface area contributed by atoms with Crippen molar-refractivity contribution < 1.29 is 4.74 Å². The lowest BCUT2D eigenvalue weighted by atomic mass is 10.0. The third kappa shape index (κ3) is 1.80. The summed E-state index contributed by atoms with van der Waals surface area (Å²) in [5, 5.41) is 3.44. The number of ether oxygens (including phenoxy) is 1. The van der Waals surface area contributed by atoms with Crippen LogP contribution >= 0.6 is 0 Å². The van der Waals surface area contributed by atoms with Gasteiger partial charge in [0.2, 0.25) is 0 Å². The average Bonchev–Trinajstić information content (AvgIpc) is 2.30. The molecule has 1 N–H and O–H groups in total. The zero-order chi connectivity index (χ0) is 9.80. The second kappa shape index (κ2) is 4.29. The van der Waals surface area contributed by atoms with Crippen LogP contribution in [0.25, 0.3) is 0 Å². The summed E-state index contributed by atoms with van der Waals surface area (Å²) in [6.45, 7) is 0.947. The van der Waals surface area contributed by atoms with Crippen LogP contribution < -0.4 is 10.1 Å². The van der Waals surface area contributed by atoms with Crippen molar-refractivity contribution in [3.8, 4) is 5.75 Å². The van der Waals surface area contributed by atoms with Crippen molar-refractivity contribution in [2.45, 2.75) is 12.5 Å². The lowest BCUT2D eigenvalue weighted by molar-refractivity contribution is 0.399. The topological polar surface area (TPSA) is 21.3 Å². The second-order valence-electron chi connectivity index (χ2n) is 3.41. The highest BCUT2D eigenvalue weighted by Crippen LogP contribution is 2.28. The Morgan fingerprint density at radius 2 is 2.14 bits per heavy atom. The molecule has 74 valence electrons. The van der Waals surface area contributed by atoms with Crippen molar-refractivity contribution in [3.63, 3.8) is 0 Å². The average molecular weight is 189 g/mol. The van der Waals surface area contributed by atoms with Crippen LogP contribution in [-0.2, 0) is 0 Å². The van der Waals surface area contributed by atoms with E-state index >= 15 is 0 Å². The molecule has 0 saturated heterocycles. The van der Waals surface area contributed by atoms with Crippen LogP contribution in [-0.4, -0.2) is 13.7 Å². The van der Waals surface area contributed by atoms with E-state index in [0.717, 1.165) is 18.7 Å². The number of hydrogen-bond donors (Lipinski definition) is 1. The van der Waals surface area contributed by atoms with Gasteiger partial charge < -0.3 is 10.1 Å². The van der Waals surface area contributed by atoms with Crippen molar-refractivity contribution in [3.05, 3.63) is 42.0 Å². The van der Waals surface area contributed by atoms with Crippen LogP contribution in [0, 0.1) is 0 Å². The minimum atomic E-state index is 0.399. The molecular weight excluding hydrogens is 174 g/mol. The molecule has 0 spiro atoms. The summed E-state index contributed by atoms with van der Waals surface area (Å²) in [5.74, 6) is 0.973. The fourth-order valence-electron chi connectivity index (χ4n) is 1.80. The van der Waals surface area contributed by atoms with Crippen molar-refractivity contribution >= 4 is 0 Å². The Bertz CT molecular complexity index is 333. The molecule has 1 unspecified atom stereocenters. The monoisotopic (exact) mass is 189 g/mol. The molecule has 1 aromatic carbocycles. The summed E-state index contributed by atoms with van der Waals surface area (Å²) in [6.07, 6.45) is 5.42. The molecular formula is C12H15NO.